The minimum absolute atomic E-state index is 0.307. The van der Waals surface area contributed by atoms with Crippen LogP contribution in [0.4, 0.5) is 5.95 Å². The second kappa shape index (κ2) is 7.09. The Kier molecular flexibility index (Phi) is 5.43. The van der Waals surface area contributed by atoms with E-state index in [0.717, 1.165) is 37.7 Å². The summed E-state index contributed by atoms with van der Waals surface area (Å²) in [5.41, 5.74) is 7.00. The molecule has 2 rings (SSSR count). The summed E-state index contributed by atoms with van der Waals surface area (Å²) in [6.07, 6.45) is 5.58. The predicted octanol–water partition coefficient (Wildman–Crippen LogP) is 1.83. The van der Waals surface area contributed by atoms with Crippen molar-refractivity contribution in [1.82, 2.24) is 9.55 Å². The van der Waals surface area contributed by atoms with Gasteiger partial charge in [0.05, 0.1) is 18.3 Å². The molecule has 2 N–H and O–H groups in total. The van der Waals surface area contributed by atoms with Crippen LogP contribution in [0, 0.1) is 5.92 Å². The first-order chi connectivity index (χ1) is 9.69. The maximum atomic E-state index is 5.85. The van der Waals surface area contributed by atoms with E-state index in [1.165, 1.54) is 12.8 Å². The lowest BCUT2D eigenvalue weighted by Gasteiger charge is -2.34. The van der Waals surface area contributed by atoms with Gasteiger partial charge in [-0.05, 0) is 38.6 Å². The highest BCUT2D eigenvalue weighted by Gasteiger charge is 2.24. The van der Waals surface area contributed by atoms with Gasteiger partial charge in [-0.2, -0.15) is 0 Å². The topological polar surface area (TPSA) is 56.3 Å². The Bertz CT molecular complexity index is 418. The van der Waals surface area contributed by atoms with Gasteiger partial charge < -0.3 is 19.9 Å². The van der Waals surface area contributed by atoms with Gasteiger partial charge in [0, 0.05) is 26.4 Å². The molecule has 2 unspecified atom stereocenters. The van der Waals surface area contributed by atoms with Crippen LogP contribution in [-0.2, 0) is 11.2 Å². The third-order valence-corrected chi connectivity index (χ3v) is 4.14. The van der Waals surface area contributed by atoms with Crippen LogP contribution in [0.1, 0.15) is 38.4 Å². The molecule has 0 aromatic carbocycles. The Morgan fingerprint density at radius 1 is 1.55 bits per heavy atom. The van der Waals surface area contributed by atoms with E-state index in [1.807, 2.05) is 0 Å². The number of hydrogen-bond acceptors (Lipinski definition) is 4. The molecule has 5 heteroatoms. The molecule has 1 aliphatic rings. The second-order valence-corrected chi connectivity index (χ2v) is 5.79. The highest BCUT2D eigenvalue weighted by Crippen LogP contribution is 2.25. The smallest absolute Gasteiger partial charge is 0.206 e. The lowest BCUT2D eigenvalue weighted by molar-refractivity contribution is 0.162. The van der Waals surface area contributed by atoms with Crippen LogP contribution in [0.2, 0.25) is 0 Å². The number of methoxy groups -OCH3 is 1. The average molecular weight is 280 g/mol. The van der Waals surface area contributed by atoms with Crippen molar-refractivity contribution >= 4 is 5.95 Å². The van der Waals surface area contributed by atoms with Gasteiger partial charge in [-0.1, -0.05) is 6.92 Å². The highest BCUT2D eigenvalue weighted by atomic mass is 16.5. The molecular weight excluding hydrogens is 252 g/mol. The first kappa shape index (κ1) is 15.3. The first-order valence-electron chi connectivity index (χ1n) is 7.71. The molecule has 1 aromatic rings. The van der Waals surface area contributed by atoms with Crippen molar-refractivity contribution in [3.05, 3.63) is 11.9 Å². The number of imidazole rings is 1. The Balaban J connectivity index is 2.22. The largest absolute Gasteiger partial charge is 0.383 e. The average Bonchev–Trinajstić information content (AvgIpc) is 2.92. The van der Waals surface area contributed by atoms with Crippen LogP contribution in [0.3, 0.4) is 0 Å². The fourth-order valence-corrected chi connectivity index (χ4v) is 2.92. The van der Waals surface area contributed by atoms with Gasteiger partial charge in [-0.3, -0.25) is 0 Å². The summed E-state index contributed by atoms with van der Waals surface area (Å²) in [6, 6.07) is 0.307. The predicted molar refractivity (Wildman–Crippen MR) is 82.2 cm³/mol. The van der Waals surface area contributed by atoms with Crippen molar-refractivity contribution in [2.45, 2.75) is 39.2 Å². The molecule has 5 nitrogen and oxygen atoms in total. The molecule has 1 aromatic heterocycles. The summed E-state index contributed by atoms with van der Waals surface area (Å²) in [5.74, 6) is 1.68. The van der Waals surface area contributed by atoms with E-state index < -0.39 is 0 Å². The van der Waals surface area contributed by atoms with E-state index in [9.17, 15) is 0 Å². The van der Waals surface area contributed by atoms with Gasteiger partial charge in [-0.25, -0.2) is 4.98 Å². The molecule has 20 heavy (non-hydrogen) atoms. The minimum Gasteiger partial charge on any atom is -0.383 e. The Morgan fingerprint density at radius 2 is 2.35 bits per heavy atom. The summed E-state index contributed by atoms with van der Waals surface area (Å²) in [7, 11) is 1.75. The molecule has 0 bridgehead atoms. The molecule has 1 aliphatic heterocycles. The number of piperidine rings is 1. The van der Waals surface area contributed by atoms with Gasteiger partial charge in [0.2, 0.25) is 5.95 Å². The van der Waals surface area contributed by atoms with Gasteiger partial charge >= 0.3 is 0 Å². The minimum atomic E-state index is 0.307. The number of nitrogens with zero attached hydrogens (tertiary/aromatic N) is 3. The Hall–Kier alpha value is -1.07. The van der Waals surface area contributed by atoms with Crippen molar-refractivity contribution < 1.29 is 4.74 Å². The highest BCUT2D eigenvalue weighted by molar-refractivity contribution is 5.35. The van der Waals surface area contributed by atoms with Gasteiger partial charge in [0.1, 0.15) is 0 Å². The van der Waals surface area contributed by atoms with Crippen LogP contribution in [-0.4, -0.2) is 42.9 Å². The molecule has 1 saturated heterocycles. The summed E-state index contributed by atoms with van der Waals surface area (Å²) in [6.45, 7) is 7.91. The zero-order valence-corrected chi connectivity index (χ0v) is 13.0. The third kappa shape index (κ3) is 3.33. The normalized spacial score (nSPS) is 21.2. The molecule has 0 radical (unpaired) electrons. The van der Waals surface area contributed by atoms with Crippen molar-refractivity contribution in [3.63, 3.8) is 0 Å². The molecular formula is C15H28N4O. The van der Waals surface area contributed by atoms with Crippen LogP contribution in [0.25, 0.3) is 0 Å². The maximum absolute atomic E-state index is 5.85. The number of anilines is 1. The molecule has 2 atom stereocenters. The van der Waals surface area contributed by atoms with E-state index in [4.69, 9.17) is 15.5 Å². The molecule has 114 valence electrons. The Labute approximate surface area is 122 Å². The second-order valence-electron chi connectivity index (χ2n) is 5.79. The molecule has 0 aliphatic carbocycles. The van der Waals surface area contributed by atoms with Crippen LogP contribution in [0.15, 0.2) is 6.20 Å². The summed E-state index contributed by atoms with van der Waals surface area (Å²) >= 11 is 0. The third-order valence-electron chi connectivity index (χ3n) is 4.14. The monoisotopic (exact) mass is 280 g/mol. The Morgan fingerprint density at radius 3 is 3.00 bits per heavy atom. The number of nitrogens with two attached hydrogens (primary N) is 1. The molecule has 0 amide bonds. The molecule has 0 spiro atoms. The summed E-state index contributed by atoms with van der Waals surface area (Å²) < 4.78 is 7.56. The van der Waals surface area contributed by atoms with E-state index in [-0.39, 0.29) is 0 Å². The number of hydrogen-bond donors (Lipinski definition) is 1. The SMILES string of the molecule is CCc1cn(C(C)COC)c(N2CCCC(CN)C2)n1. The van der Waals surface area contributed by atoms with Crippen molar-refractivity contribution in [2.24, 2.45) is 11.7 Å². The quantitative estimate of drug-likeness (QED) is 0.863. The first-order valence-corrected chi connectivity index (χ1v) is 7.71. The maximum Gasteiger partial charge on any atom is 0.206 e. The van der Waals surface area contributed by atoms with Crippen LogP contribution >= 0.6 is 0 Å². The van der Waals surface area contributed by atoms with Gasteiger partial charge in [0.25, 0.3) is 0 Å². The zero-order valence-electron chi connectivity index (χ0n) is 13.0. The number of aryl methyl sites for hydroxylation is 1. The van der Waals surface area contributed by atoms with Gasteiger partial charge in [0.15, 0.2) is 0 Å². The standard InChI is InChI=1S/C15H28N4O/c1-4-14-10-19(12(2)11-20-3)15(17-14)18-7-5-6-13(8-16)9-18/h10,12-13H,4-9,11,16H2,1-3H3. The van der Waals surface area contributed by atoms with Crippen molar-refractivity contribution in [3.8, 4) is 0 Å². The fourth-order valence-electron chi connectivity index (χ4n) is 2.92. The zero-order chi connectivity index (χ0) is 14.5. The fraction of sp³-hybridized carbons (Fsp3) is 0.800. The lowest BCUT2D eigenvalue weighted by Crippen LogP contribution is -2.40. The van der Waals surface area contributed by atoms with Crippen molar-refractivity contribution in [1.29, 1.82) is 0 Å². The van der Waals surface area contributed by atoms with E-state index in [2.05, 4.69) is 29.5 Å². The lowest BCUT2D eigenvalue weighted by atomic mass is 9.99. The van der Waals surface area contributed by atoms with Crippen LogP contribution < -0.4 is 10.6 Å². The number of ether oxygens (including phenoxy) is 1. The molecule has 0 saturated carbocycles. The number of rotatable bonds is 6. The van der Waals surface area contributed by atoms with Gasteiger partial charge in [-0.15, -0.1) is 0 Å². The summed E-state index contributed by atoms with van der Waals surface area (Å²) in [5, 5.41) is 0. The van der Waals surface area contributed by atoms with Crippen molar-refractivity contribution in [2.75, 3.05) is 38.3 Å². The number of aromatic nitrogens is 2. The summed E-state index contributed by atoms with van der Waals surface area (Å²) in [4.78, 5) is 7.21. The van der Waals surface area contributed by atoms with E-state index in [1.54, 1.807) is 7.11 Å². The molecule has 1 fully saturated rings. The van der Waals surface area contributed by atoms with E-state index in [0.29, 0.717) is 18.6 Å². The molecule has 2 heterocycles. The van der Waals surface area contributed by atoms with E-state index >= 15 is 0 Å². The van der Waals surface area contributed by atoms with Crippen LogP contribution in [0.5, 0.6) is 0 Å².